The van der Waals surface area contributed by atoms with Crippen molar-refractivity contribution in [2.24, 2.45) is 0 Å². The number of nitrogens with one attached hydrogen (secondary N) is 2. The van der Waals surface area contributed by atoms with Crippen molar-refractivity contribution in [3.05, 3.63) is 35.4 Å². The van der Waals surface area contributed by atoms with Crippen LogP contribution in [0.15, 0.2) is 24.3 Å². The molecule has 2 amide bonds. The summed E-state index contributed by atoms with van der Waals surface area (Å²) in [6.07, 6.45) is -3.96. The molecule has 0 bridgehead atoms. The molecule has 0 aliphatic rings. The highest BCUT2D eigenvalue weighted by Crippen LogP contribution is 2.29. The molecule has 0 heterocycles. The van der Waals surface area contributed by atoms with Crippen LogP contribution in [0, 0.1) is 0 Å². The number of hydrogen-bond acceptors (Lipinski definition) is 2. The highest BCUT2D eigenvalue weighted by Gasteiger charge is 2.30. The van der Waals surface area contributed by atoms with Crippen LogP contribution in [0.4, 0.5) is 13.2 Å². The lowest BCUT2D eigenvalue weighted by atomic mass is 10.1. The van der Waals surface area contributed by atoms with Gasteiger partial charge in [-0.2, -0.15) is 13.2 Å². The first-order valence-electron chi connectivity index (χ1n) is 6.46. The molecule has 0 spiro atoms. The summed E-state index contributed by atoms with van der Waals surface area (Å²) in [7, 11) is 0. The van der Waals surface area contributed by atoms with E-state index in [0.29, 0.717) is 25.1 Å². The van der Waals surface area contributed by atoms with Gasteiger partial charge < -0.3 is 10.6 Å². The predicted molar refractivity (Wildman–Crippen MR) is 71.5 cm³/mol. The molecule has 21 heavy (non-hydrogen) atoms. The summed E-state index contributed by atoms with van der Waals surface area (Å²) in [6.45, 7) is 2.20. The second kappa shape index (κ2) is 7.66. The van der Waals surface area contributed by atoms with Crippen LogP contribution in [0.1, 0.15) is 24.5 Å². The third kappa shape index (κ3) is 6.78. The molecule has 1 rings (SSSR count). The minimum Gasteiger partial charge on any atom is -0.356 e. The third-order valence-electron chi connectivity index (χ3n) is 2.67. The van der Waals surface area contributed by atoms with Crippen LogP contribution >= 0.6 is 0 Å². The second-order valence-electron chi connectivity index (χ2n) is 4.56. The molecule has 1 aromatic rings. The molecule has 0 atom stereocenters. The van der Waals surface area contributed by atoms with E-state index in [1.165, 1.54) is 19.1 Å². The van der Waals surface area contributed by atoms with Crippen molar-refractivity contribution in [2.75, 3.05) is 13.1 Å². The van der Waals surface area contributed by atoms with Crippen molar-refractivity contribution in [1.82, 2.24) is 10.6 Å². The van der Waals surface area contributed by atoms with Gasteiger partial charge in [0.2, 0.25) is 11.8 Å². The van der Waals surface area contributed by atoms with Gasteiger partial charge >= 0.3 is 6.18 Å². The van der Waals surface area contributed by atoms with E-state index >= 15 is 0 Å². The highest BCUT2D eigenvalue weighted by molar-refractivity contribution is 5.78. The van der Waals surface area contributed by atoms with Crippen LogP contribution in [-0.4, -0.2) is 24.9 Å². The molecule has 0 fully saturated rings. The van der Waals surface area contributed by atoms with E-state index in [2.05, 4.69) is 10.6 Å². The monoisotopic (exact) mass is 302 g/mol. The minimum atomic E-state index is -4.41. The van der Waals surface area contributed by atoms with Crippen molar-refractivity contribution in [3.8, 4) is 0 Å². The number of alkyl halides is 3. The molecule has 116 valence electrons. The Balaban J connectivity index is 2.39. The van der Waals surface area contributed by atoms with Gasteiger partial charge in [-0.1, -0.05) is 18.2 Å². The SMILES string of the molecule is CC(=O)NCCCNC(=O)Cc1cccc(C(F)(F)F)c1. The third-order valence-corrected chi connectivity index (χ3v) is 2.67. The Labute approximate surface area is 120 Å². The molecule has 0 radical (unpaired) electrons. The molecule has 0 aliphatic carbocycles. The molecule has 0 saturated heterocycles. The Hall–Kier alpha value is -2.05. The van der Waals surface area contributed by atoms with Gasteiger partial charge in [-0.15, -0.1) is 0 Å². The maximum absolute atomic E-state index is 12.5. The summed E-state index contributed by atoms with van der Waals surface area (Å²) in [4.78, 5) is 22.2. The van der Waals surface area contributed by atoms with Gasteiger partial charge in [-0.25, -0.2) is 0 Å². The van der Waals surface area contributed by atoms with Gasteiger partial charge in [0, 0.05) is 20.0 Å². The average molecular weight is 302 g/mol. The summed E-state index contributed by atoms with van der Waals surface area (Å²) in [5, 5.41) is 5.17. The zero-order valence-electron chi connectivity index (χ0n) is 11.6. The molecule has 2 N–H and O–H groups in total. The average Bonchev–Trinajstić information content (AvgIpc) is 2.37. The molecular formula is C14H17F3N2O2. The van der Waals surface area contributed by atoms with E-state index in [-0.39, 0.29) is 18.2 Å². The van der Waals surface area contributed by atoms with Crippen molar-refractivity contribution < 1.29 is 22.8 Å². The van der Waals surface area contributed by atoms with E-state index in [9.17, 15) is 22.8 Å². The Morgan fingerprint density at radius 2 is 1.81 bits per heavy atom. The lowest BCUT2D eigenvalue weighted by molar-refractivity contribution is -0.137. The van der Waals surface area contributed by atoms with Gasteiger partial charge in [-0.3, -0.25) is 9.59 Å². The number of carbonyl (C=O) groups excluding carboxylic acids is 2. The number of rotatable bonds is 6. The van der Waals surface area contributed by atoms with Crippen LogP contribution in [0.25, 0.3) is 0 Å². The van der Waals surface area contributed by atoms with E-state index < -0.39 is 11.7 Å². The summed E-state index contributed by atoms with van der Waals surface area (Å²) < 4.78 is 37.6. The maximum Gasteiger partial charge on any atom is 0.416 e. The van der Waals surface area contributed by atoms with Crippen molar-refractivity contribution in [2.45, 2.75) is 25.9 Å². The fourth-order valence-electron chi connectivity index (χ4n) is 1.69. The highest BCUT2D eigenvalue weighted by atomic mass is 19.4. The Morgan fingerprint density at radius 3 is 2.43 bits per heavy atom. The van der Waals surface area contributed by atoms with Crippen LogP contribution < -0.4 is 10.6 Å². The Kier molecular flexibility index (Phi) is 6.20. The zero-order valence-corrected chi connectivity index (χ0v) is 11.6. The Bertz CT molecular complexity index is 501. The molecule has 0 saturated carbocycles. The summed E-state index contributed by atoms with van der Waals surface area (Å²) in [6, 6.07) is 4.69. The first kappa shape index (κ1) is 17.0. The number of carbonyl (C=O) groups is 2. The lowest BCUT2D eigenvalue weighted by Crippen LogP contribution is -2.29. The standard InChI is InChI=1S/C14H17F3N2O2/c1-10(20)18-6-3-7-19-13(21)9-11-4-2-5-12(8-11)14(15,16)17/h2,4-5,8H,3,6-7,9H2,1H3,(H,18,20)(H,19,21). The fourth-order valence-corrected chi connectivity index (χ4v) is 1.69. The van der Waals surface area contributed by atoms with Gasteiger partial charge in [0.05, 0.1) is 12.0 Å². The van der Waals surface area contributed by atoms with Crippen LogP contribution in [0.5, 0.6) is 0 Å². The van der Waals surface area contributed by atoms with E-state index in [4.69, 9.17) is 0 Å². The van der Waals surface area contributed by atoms with Crippen LogP contribution in [-0.2, 0) is 22.2 Å². The molecule has 0 unspecified atom stereocenters. The number of benzene rings is 1. The van der Waals surface area contributed by atoms with Crippen molar-refractivity contribution in [3.63, 3.8) is 0 Å². The molecule has 0 aliphatic heterocycles. The van der Waals surface area contributed by atoms with E-state index in [0.717, 1.165) is 12.1 Å². The van der Waals surface area contributed by atoms with Crippen molar-refractivity contribution >= 4 is 11.8 Å². The van der Waals surface area contributed by atoms with Crippen molar-refractivity contribution in [1.29, 1.82) is 0 Å². The lowest BCUT2D eigenvalue weighted by Gasteiger charge is -2.09. The van der Waals surface area contributed by atoms with E-state index in [1.807, 2.05) is 0 Å². The smallest absolute Gasteiger partial charge is 0.356 e. The molecule has 7 heteroatoms. The summed E-state index contributed by atoms with van der Waals surface area (Å²) in [5.74, 6) is -0.498. The first-order chi connectivity index (χ1) is 9.79. The molecule has 0 aromatic heterocycles. The number of halogens is 3. The zero-order chi connectivity index (χ0) is 15.9. The normalized spacial score (nSPS) is 11.0. The summed E-state index contributed by atoms with van der Waals surface area (Å²) >= 11 is 0. The largest absolute Gasteiger partial charge is 0.416 e. The topological polar surface area (TPSA) is 58.2 Å². The van der Waals surface area contributed by atoms with Gasteiger partial charge in [0.25, 0.3) is 0 Å². The first-order valence-corrected chi connectivity index (χ1v) is 6.46. The molecular weight excluding hydrogens is 285 g/mol. The minimum absolute atomic E-state index is 0.107. The van der Waals surface area contributed by atoms with Gasteiger partial charge in [0.1, 0.15) is 0 Å². The summed E-state index contributed by atoms with van der Waals surface area (Å²) in [5.41, 5.74) is -0.456. The quantitative estimate of drug-likeness (QED) is 0.788. The van der Waals surface area contributed by atoms with Gasteiger partial charge in [0.15, 0.2) is 0 Å². The van der Waals surface area contributed by atoms with Gasteiger partial charge in [-0.05, 0) is 18.1 Å². The predicted octanol–water partition coefficient (Wildman–Crippen LogP) is 1.89. The molecule has 1 aromatic carbocycles. The molecule has 4 nitrogen and oxygen atoms in total. The number of amides is 2. The second-order valence-corrected chi connectivity index (χ2v) is 4.56. The number of hydrogen-bond donors (Lipinski definition) is 2. The van der Waals surface area contributed by atoms with Crippen LogP contribution in [0.3, 0.4) is 0 Å². The Morgan fingerprint density at radius 1 is 1.14 bits per heavy atom. The fraction of sp³-hybridized carbons (Fsp3) is 0.429. The maximum atomic E-state index is 12.5. The van der Waals surface area contributed by atoms with Crippen LogP contribution in [0.2, 0.25) is 0 Å². The van der Waals surface area contributed by atoms with E-state index in [1.54, 1.807) is 0 Å².